The highest BCUT2D eigenvalue weighted by Gasteiger charge is 2.23. The molecule has 0 amide bonds. The third-order valence-electron chi connectivity index (χ3n) is 6.71. The summed E-state index contributed by atoms with van der Waals surface area (Å²) in [5.41, 5.74) is 6.84. The predicted octanol–water partition coefficient (Wildman–Crippen LogP) is 7.62. The summed E-state index contributed by atoms with van der Waals surface area (Å²) in [6.07, 6.45) is 7.20. The van der Waals surface area contributed by atoms with Gasteiger partial charge in [-0.05, 0) is 59.7 Å². The van der Waals surface area contributed by atoms with E-state index in [2.05, 4.69) is 34.2 Å². The van der Waals surface area contributed by atoms with Gasteiger partial charge in [0.2, 0.25) is 0 Å². The van der Waals surface area contributed by atoms with Crippen LogP contribution in [0.15, 0.2) is 156 Å². The summed E-state index contributed by atoms with van der Waals surface area (Å²) in [4.78, 5) is 28.7. The minimum absolute atomic E-state index is 0.302. The van der Waals surface area contributed by atoms with Crippen LogP contribution in [-0.2, 0) is 0 Å². The lowest BCUT2D eigenvalue weighted by atomic mass is 9.94. The lowest BCUT2D eigenvalue weighted by Gasteiger charge is -2.22. The van der Waals surface area contributed by atoms with E-state index in [0.717, 1.165) is 45.3 Å². The van der Waals surface area contributed by atoms with E-state index in [1.807, 2.05) is 122 Å². The van der Waals surface area contributed by atoms with Crippen molar-refractivity contribution in [2.24, 2.45) is 9.98 Å². The predicted molar refractivity (Wildman–Crippen MR) is 168 cm³/mol. The quantitative estimate of drug-likeness (QED) is 0.175. The van der Waals surface area contributed by atoms with Crippen molar-refractivity contribution in [1.82, 2.24) is 19.9 Å². The molecule has 6 heteroatoms. The standard InChI is InChI=1S/C36H28N6/c1-3-13-27(14-4-1)35(39-25-29-17-11-21-33(41-29)31-19-7-9-23-37-31)36(28-15-5-2-6-16-28)40-26-30-18-12-22-34(42-30)32-20-8-10-24-38-32/h1-26,35-36H. The minimum atomic E-state index is -0.302. The summed E-state index contributed by atoms with van der Waals surface area (Å²) in [5.74, 6) is 0. The molecule has 0 fully saturated rings. The van der Waals surface area contributed by atoms with Gasteiger partial charge in [0.25, 0.3) is 0 Å². The molecule has 0 radical (unpaired) electrons. The van der Waals surface area contributed by atoms with E-state index in [0.29, 0.717) is 0 Å². The molecule has 2 aromatic carbocycles. The maximum absolute atomic E-state index is 5.10. The average molecular weight is 545 g/mol. The van der Waals surface area contributed by atoms with Gasteiger partial charge in [-0.1, -0.05) is 84.9 Å². The third-order valence-corrected chi connectivity index (χ3v) is 6.71. The van der Waals surface area contributed by atoms with Gasteiger partial charge in [-0.3, -0.25) is 20.0 Å². The van der Waals surface area contributed by atoms with Gasteiger partial charge in [-0.15, -0.1) is 0 Å². The third kappa shape index (κ3) is 6.57. The van der Waals surface area contributed by atoms with Crippen molar-refractivity contribution in [3.05, 3.63) is 168 Å². The highest BCUT2D eigenvalue weighted by Crippen LogP contribution is 2.35. The molecule has 0 aliphatic heterocycles. The van der Waals surface area contributed by atoms with Gasteiger partial charge in [-0.2, -0.15) is 0 Å². The van der Waals surface area contributed by atoms with Crippen molar-refractivity contribution in [3.8, 4) is 22.8 Å². The Morgan fingerprint density at radius 3 is 1.21 bits per heavy atom. The number of hydrogen-bond donors (Lipinski definition) is 0. The summed E-state index contributed by atoms with van der Waals surface area (Å²) < 4.78 is 0. The van der Waals surface area contributed by atoms with Gasteiger partial charge in [0.05, 0.1) is 34.2 Å². The lowest BCUT2D eigenvalue weighted by Crippen LogP contribution is -2.09. The first kappa shape index (κ1) is 26.6. The smallest absolute Gasteiger partial charge is 0.101 e. The van der Waals surface area contributed by atoms with Crippen molar-refractivity contribution in [1.29, 1.82) is 0 Å². The molecule has 2 unspecified atom stereocenters. The Morgan fingerprint density at radius 1 is 0.405 bits per heavy atom. The molecule has 42 heavy (non-hydrogen) atoms. The minimum Gasteiger partial charge on any atom is -0.280 e. The SMILES string of the molecule is C(=NC(c1ccccc1)C(N=Cc1cccc(-c2ccccn2)n1)c1ccccc1)c1cccc(-c2ccccn2)n1. The van der Waals surface area contributed by atoms with Crippen LogP contribution in [0.25, 0.3) is 22.8 Å². The molecule has 6 nitrogen and oxygen atoms in total. The summed E-state index contributed by atoms with van der Waals surface area (Å²) in [7, 11) is 0. The van der Waals surface area contributed by atoms with Crippen molar-refractivity contribution in [2.75, 3.05) is 0 Å². The number of benzene rings is 2. The monoisotopic (exact) mass is 544 g/mol. The second-order valence-corrected chi connectivity index (χ2v) is 9.59. The Bertz CT molecular complexity index is 1640. The molecule has 4 heterocycles. The highest BCUT2D eigenvalue weighted by molar-refractivity contribution is 5.79. The molecule has 0 spiro atoms. The molecule has 0 bridgehead atoms. The van der Waals surface area contributed by atoms with Crippen LogP contribution in [-0.4, -0.2) is 32.4 Å². The topological polar surface area (TPSA) is 76.3 Å². The molecular formula is C36H28N6. The second-order valence-electron chi connectivity index (χ2n) is 9.59. The first-order valence-corrected chi connectivity index (χ1v) is 13.8. The van der Waals surface area contributed by atoms with Crippen LogP contribution in [0.1, 0.15) is 34.6 Å². The van der Waals surface area contributed by atoms with Gasteiger partial charge in [-0.25, -0.2) is 9.97 Å². The molecule has 4 aromatic heterocycles. The van der Waals surface area contributed by atoms with Gasteiger partial charge >= 0.3 is 0 Å². The second kappa shape index (κ2) is 13.2. The van der Waals surface area contributed by atoms with Crippen LogP contribution in [0.4, 0.5) is 0 Å². The number of pyridine rings is 4. The first-order chi connectivity index (χ1) is 20.8. The molecule has 202 valence electrons. The number of aromatic nitrogens is 4. The zero-order chi connectivity index (χ0) is 28.4. The molecule has 6 aromatic rings. The highest BCUT2D eigenvalue weighted by atomic mass is 14.9. The van der Waals surface area contributed by atoms with E-state index in [1.54, 1.807) is 12.4 Å². The van der Waals surface area contributed by atoms with Gasteiger partial charge in [0, 0.05) is 24.8 Å². The van der Waals surface area contributed by atoms with Crippen LogP contribution in [0, 0.1) is 0 Å². The Kier molecular flexibility index (Phi) is 8.33. The van der Waals surface area contributed by atoms with Crippen LogP contribution in [0.2, 0.25) is 0 Å². The Hall–Kier alpha value is -5.62. The summed E-state index contributed by atoms with van der Waals surface area (Å²) in [5, 5.41) is 0. The number of rotatable bonds is 9. The van der Waals surface area contributed by atoms with E-state index in [1.165, 1.54) is 0 Å². The number of hydrogen-bond acceptors (Lipinski definition) is 6. The zero-order valence-electron chi connectivity index (χ0n) is 22.8. The van der Waals surface area contributed by atoms with Crippen LogP contribution < -0.4 is 0 Å². The summed E-state index contributed by atoms with van der Waals surface area (Å²) in [6.45, 7) is 0. The average Bonchev–Trinajstić information content (AvgIpc) is 3.08. The molecule has 0 aliphatic rings. The molecule has 0 aliphatic carbocycles. The van der Waals surface area contributed by atoms with Crippen molar-refractivity contribution in [3.63, 3.8) is 0 Å². The van der Waals surface area contributed by atoms with E-state index in [4.69, 9.17) is 20.0 Å². The molecule has 0 saturated carbocycles. The van der Waals surface area contributed by atoms with E-state index in [9.17, 15) is 0 Å². The van der Waals surface area contributed by atoms with Crippen LogP contribution >= 0.6 is 0 Å². The molecule has 0 saturated heterocycles. The fraction of sp³-hybridized carbons (Fsp3) is 0.0556. The molecule has 6 rings (SSSR count). The van der Waals surface area contributed by atoms with E-state index >= 15 is 0 Å². The largest absolute Gasteiger partial charge is 0.280 e. The van der Waals surface area contributed by atoms with E-state index < -0.39 is 0 Å². The normalized spacial score (nSPS) is 12.9. The van der Waals surface area contributed by atoms with Crippen molar-refractivity contribution in [2.45, 2.75) is 12.1 Å². The van der Waals surface area contributed by atoms with Crippen LogP contribution in [0.5, 0.6) is 0 Å². The Labute approximate surface area is 245 Å². The fourth-order valence-corrected chi connectivity index (χ4v) is 4.67. The number of nitrogens with zero attached hydrogens (tertiary/aromatic N) is 6. The fourth-order valence-electron chi connectivity index (χ4n) is 4.67. The van der Waals surface area contributed by atoms with E-state index in [-0.39, 0.29) is 12.1 Å². The summed E-state index contributed by atoms with van der Waals surface area (Å²) >= 11 is 0. The van der Waals surface area contributed by atoms with Gasteiger partial charge in [0.1, 0.15) is 12.1 Å². The summed E-state index contributed by atoms with van der Waals surface area (Å²) in [6, 6.07) is 43.3. The van der Waals surface area contributed by atoms with Gasteiger partial charge < -0.3 is 0 Å². The molecule has 2 atom stereocenters. The zero-order valence-corrected chi connectivity index (χ0v) is 22.8. The first-order valence-electron chi connectivity index (χ1n) is 13.8. The maximum Gasteiger partial charge on any atom is 0.101 e. The number of aliphatic imine (C=N–C) groups is 2. The van der Waals surface area contributed by atoms with Crippen molar-refractivity contribution >= 4 is 12.4 Å². The maximum atomic E-state index is 5.10. The lowest BCUT2D eigenvalue weighted by molar-refractivity contribution is 0.583. The van der Waals surface area contributed by atoms with Crippen LogP contribution in [0.3, 0.4) is 0 Å². The Morgan fingerprint density at radius 2 is 0.810 bits per heavy atom. The Balaban J connectivity index is 1.37. The van der Waals surface area contributed by atoms with Gasteiger partial charge in [0.15, 0.2) is 0 Å². The molecular weight excluding hydrogens is 516 g/mol. The van der Waals surface area contributed by atoms with Crippen molar-refractivity contribution < 1.29 is 0 Å². The molecule has 0 N–H and O–H groups in total.